The molecule has 0 spiro atoms. The van der Waals surface area contributed by atoms with E-state index in [4.69, 9.17) is 0 Å². The molecule has 0 aromatic heterocycles. The van der Waals surface area contributed by atoms with Crippen molar-refractivity contribution in [3.8, 4) is 0 Å². The van der Waals surface area contributed by atoms with Gasteiger partial charge in [-0.2, -0.15) is 8.78 Å². The highest BCUT2D eigenvalue weighted by Gasteiger charge is 2.58. The lowest BCUT2D eigenvalue weighted by molar-refractivity contribution is -0.0822. The summed E-state index contributed by atoms with van der Waals surface area (Å²) < 4.78 is 53.3. The lowest BCUT2D eigenvalue weighted by Crippen LogP contribution is -2.49. The molecular formula is C17H16F2O3S. The Morgan fingerprint density at radius 2 is 1.43 bits per heavy atom. The van der Waals surface area contributed by atoms with E-state index in [1.165, 1.54) is 24.3 Å². The fourth-order valence-electron chi connectivity index (χ4n) is 1.94. The van der Waals surface area contributed by atoms with Crippen LogP contribution in [-0.2, 0) is 9.84 Å². The largest absolute Gasteiger partial charge is 0.380 e. The molecule has 2 rings (SSSR count). The highest BCUT2D eigenvalue weighted by molar-refractivity contribution is 7.92. The molecule has 0 radical (unpaired) electrons. The van der Waals surface area contributed by atoms with Crippen LogP contribution in [0.15, 0.2) is 71.6 Å². The third kappa shape index (κ3) is 3.33. The predicted molar refractivity (Wildman–Crippen MR) is 84.7 cm³/mol. The fraction of sp³-hybridized carbons (Fsp3) is 0.176. The van der Waals surface area contributed by atoms with E-state index in [1.807, 2.05) is 0 Å². The first-order chi connectivity index (χ1) is 10.7. The summed E-state index contributed by atoms with van der Waals surface area (Å²) in [6.45, 7) is 0.771. The number of hydrogen-bond donors (Lipinski definition) is 1. The van der Waals surface area contributed by atoms with Gasteiger partial charge in [-0.25, -0.2) is 8.42 Å². The molecule has 0 saturated heterocycles. The van der Waals surface area contributed by atoms with Gasteiger partial charge in [0.15, 0.2) is 5.60 Å². The average molecular weight is 338 g/mol. The van der Waals surface area contributed by atoms with E-state index in [-0.39, 0.29) is 0 Å². The van der Waals surface area contributed by atoms with E-state index in [2.05, 4.69) is 0 Å². The fourth-order valence-corrected chi connectivity index (χ4v) is 3.36. The van der Waals surface area contributed by atoms with Crippen LogP contribution < -0.4 is 0 Å². The summed E-state index contributed by atoms with van der Waals surface area (Å²) in [7, 11) is -5.04. The molecule has 0 bridgehead atoms. The lowest BCUT2D eigenvalue weighted by Gasteiger charge is -2.29. The highest BCUT2D eigenvalue weighted by Crippen LogP contribution is 2.39. The summed E-state index contributed by atoms with van der Waals surface area (Å²) in [5, 5.41) is 5.70. The summed E-state index contributed by atoms with van der Waals surface area (Å²) in [5.41, 5.74) is -2.29. The molecule has 6 heteroatoms. The van der Waals surface area contributed by atoms with Crippen molar-refractivity contribution in [1.82, 2.24) is 0 Å². The van der Waals surface area contributed by atoms with Crippen molar-refractivity contribution in [2.24, 2.45) is 0 Å². The van der Waals surface area contributed by atoms with E-state index in [1.54, 1.807) is 30.3 Å². The number of halogens is 2. The van der Waals surface area contributed by atoms with Crippen molar-refractivity contribution in [3.63, 3.8) is 0 Å². The highest BCUT2D eigenvalue weighted by atomic mass is 32.2. The van der Waals surface area contributed by atoms with Crippen LogP contribution in [0.25, 0.3) is 6.08 Å². The molecule has 0 amide bonds. The Morgan fingerprint density at radius 1 is 0.957 bits per heavy atom. The van der Waals surface area contributed by atoms with Crippen LogP contribution in [0, 0.1) is 0 Å². The van der Waals surface area contributed by atoms with Crippen molar-refractivity contribution in [1.29, 1.82) is 0 Å². The molecule has 2 aromatic rings. The van der Waals surface area contributed by atoms with Crippen LogP contribution in [0.2, 0.25) is 0 Å². The molecule has 0 heterocycles. The van der Waals surface area contributed by atoms with Crippen LogP contribution in [0.1, 0.15) is 12.5 Å². The maximum atomic E-state index is 14.5. The molecule has 23 heavy (non-hydrogen) atoms. The zero-order valence-corrected chi connectivity index (χ0v) is 13.2. The van der Waals surface area contributed by atoms with E-state index in [0.717, 1.165) is 25.1 Å². The van der Waals surface area contributed by atoms with Gasteiger partial charge in [-0.05, 0) is 30.7 Å². The van der Waals surface area contributed by atoms with Gasteiger partial charge < -0.3 is 5.11 Å². The van der Waals surface area contributed by atoms with Crippen LogP contribution in [0.5, 0.6) is 0 Å². The third-order valence-corrected chi connectivity index (χ3v) is 5.36. The Morgan fingerprint density at radius 3 is 1.96 bits per heavy atom. The number of rotatable bonds is 5. The van der Waals surface area contributed by atoms with Gasteiger partial charge in [-0.3, -0.25) is 0 Å². The monoisotopic (exact) mass is 338 g/mol. The number of benzene rings is 2. The zero-order chi connectivity index (χ0) is 17.1. The molecule has 122 valence electrons. The van der Waals surface area contributed by atoms with Gasteiger partial charge in [0.25, 0.3) is 0 Å². The Labute approximate surface area is 133 Å². The van der Waals surface area contributed by atoms with E-state index in [9.17, 15) is 22.3 Å². The summed E-state index contributed by atoms with van der Waals surface area (Å²) in [6.07, 6.45) is 2.05. The molecule has 1 atom stereocenters. The third-order valence-electron chi connectivity index (χ3n) is 3.38. The van der Waals surface area contributed by atoms with E-state index < -0.39 is 25.6 Å². The number of sulfone groups is 1. The Hall–Kier alpha value is -2.05. The van der Waals surface area contributed by atoms with Crippen molar-refractivity contribution < 1.29 is 22.3 Å². The van der Waals surface area contributed by atoms with Gasteiger partial charge in [0.05, 0.1) is 4.90 Å². The summed E-state index contributed by atoms with van der Waals surface area (Å²) in [4.78, 5) is -0.543. The van der Waals surface area contributed by atoms with E-state index in [0.29, 0.717) is 5.56 Å². The van der Waals surface area contributed by atoms with Crippen LogP contribution in [0.4, 0.5) is 8.78 Å². The molecule has 0 aliphatic heterocycles. The van der Waals surface area contributed by atoms with Crippen molar-refractivity contribution >= 4 is 15.9 Å². The second-order valence-electron chi connectivity index (χ2n) is 5.22. The van der Waals surface area contributed by atoms with E-state index >= 15 is 0 Å². The van der Waals surface area contributed by atoms with Gasteiger partial charge in [-0.15, -0.1) is 0 Å². The van der Waals surface area contributed by atoms with Crippen molar-refractivity contribution in [3.05, 3.63) is 72.3 Å². The van der Waals surface area contributed by atoms with Gasteiger partial charge in [0.2, 0.25) is 9.84 Å². The Balaban J connectivity index is 2.39. The molecule has 0 aliphatic rings. The topological polar surface area (TPSA) is 54.4 Å². The molecule has 1 N–H and O–H groups in total. The minimum absolute atomic E-state index is 0.543. The minimum atomic E-state index is -5.04. The summed E-state index contributed by atoms with van der Waals surface area (Å²) in [6, 6.07) is 14.8. The lowest BCUT2D eigenvalue weighted by atomic mass is 10.1. The second-order valence-corrected chi connectivity index (χ2v) is 7.22. The molecule has 1 unspecified atom stereocenters. The summed E-state index contributed by atoms with van der Waals surface area (Å²) >= 11 is 0. The van der Waals surface area contributed by atoms with Crippen LogP contribution in [0.3, 0.4) is 0 Å². The smallest absolute Gasteiger partial charge is 0.379 e. The van der Waals surface area contributed by atoms with Crippen LogP contribution in [-0.4, -0.2) is 24.4 Å². The second kappa shape index (κ2) is 6.22. The normalized spacial score (nSPS) is 15.5. The quantitative estimate of drug-likeness (QED) is 0.907. The van der Waals surface area contributed by atoms with Gasteiger partial charge in [-0.1, -0.05) is 54.6 Å². The minimum Gasteiger partial charge on any atom is -0.379 e. The summed E-state index contributed by atoms with van der Waals surface area (Å²) in [5.74, 6) is 0. The Kier molecular flexibility index (Phi) is 4.68. The Bertz CT molecular complexity index is 783. The SMILES string of the molecule is CC(O)(/C=C/c1ccccc1)C(F)(F)S(=O)(=O)c1ccccc1. The first-order valence-corrected chi connectivity index (χ1v) is 8.31. The first-order valence-electron chi connectivity index (χ1n) is 6.83. The van der Waals surface area contributed by atoms with Gasteiger partial charge >= 0.3 is 5.25 Å². The molecule has 3 nitrogen and oxygen atoms in total. The van der Waals surface area contributed by atoms with Gasteiger partial charge in [0.1, 0.15) is 0 Å². The standard InChI is InChI=1S/C17H16F2O3S/c1-16(20,13-12-14-8-4-2-5-9-14)17(18,19)23(21,22)15-10-6-3-7-11-15/h2-13,20H,1H3/b13-12+. The first kappa shape index (κ1) is 17.3. The maximum Gasteiger partial charge on any atom is 0.380 e. The molecule has 0 saturated carbocycles. The number of hydrogen-bond acceptors (Lipinski definition) is 3. The van der Waals surface area contributed by atoms with Crippen LogP contribution >= 0.6 is 0 Å². The molecule has 0 fully saturated rings. The number of alkyl halides is 2. The molecule has 2 aromatic carbocycles. The maximum absolute atomic E-state index is 14.5. The van der Waals surface area contributed by atoms with Gasteiger partial charge in [0, 0.05) is 0 Å². The van der Waals surface area contributed by atoms with Crippen molar-refractivity contribution in [2.75, 3.05) is 0 Å². The average Bonchev–Trinajstić information content (AvgIpc) is 2.54. The van der Waals surface area contributed by atoms with Crippen molar-refractivity contribution in [2.45, 2.75) is 22.7 Å². The zero-order valence-electron chi connectivity index (χ0n) is 12.4. The number of aliphatic hydroxyl groups is 1. The predicted octanol–water partition coefficient (Wildman–Crippen LogP) is 3.52. The molecular weight excluding hydrogens is 322 g/mol. The molecule has 0 aliphatic carbocycles.